The van der Waals surface area contributed by atoms with E-state index in [-0.39, 0.29) is 5.91 Å². The van der Waals surface area contributed by atoms with Gasteiger partial charge in [0.2, 0.25) is 11.1 Å². The average molecular weight is 474 g/mol. The van der Waals surface area contributed by atoms with E-state index < -0.39 is 0 Å². The number of aromatic nitrogens is 4. The maximum absolute atomic E-state index is 12.5. The molecule has 176 valence electrons. The van der Waals surface area contributed by atoms with Crippen LogP contribution in [0.2, 0.25) is 0 Å². The first-order valence-electron chi connectivity index (χ1n) is 12.2. The van der Waals surface area contributed by atoms with Crippen LogP contribution in [0.15, 0.2) is 53.7 Å². The highest BCUT2D eigenvalue weighted by molar-refractivity contribution is 7.99. The SMILES string of the molecule is Cc1ccccc1Cn1c2ccccc2c2nnc(SCCCC(=O)N3CCC(C)CC3)nc21. The molecule has 5 rings (SSSR count). The Hall–Kier alpha value is -2.93. The molecule has 0 atom stereocenters. The molecule has 0 spiro atoms. The smallest absolute Gasteiger partial charge is 0.222 e. The molecule has 4 aromatic rings. The van der Waals surface area contributed by atoms with Gasteiger partial charge in [0.05, 0.1) is 5.52 Å². The molecule has 0 unspecified atom stereocenters. The number of nitrogens with zero attached hydrogens (tertiary/aromatic N) is 5. The number of likely N-dealkylation sites (tertiary alicyclic amines) is 1. The molecular weight excluding hydrogens is 442 g/mol. The number of rotatable bonds is 7. The van der Waals surface area contributed by atoms with Gasteiger partial charge in [-0.25, -0.2) is 4.98 Å². The van der Waals surface area contributed by atoms with Crippen molar-refractivity contribution in [2.24, 2.45) is 5.92 Å². The highest BCUT2D eigenvalue weighted by Gasteiger charge is 2.20. The molecule has 34 heavy (non-hydrogen) atoms. The number of piperidine rings is 1. The fourth-order valence-corrected chi connectivity index (χ4v) is 5.39. The van der Waals surface area contributed by atoms with Crippen molar-refractivity contribution < 1.29 is 4.79 Å². The maximum Gasteiger partial charge on any atom is 0.222 e. The summed E-state index contributed by atoms with van der Waals surface area (Å²) >= 11 is 1.58. The fraction of sp³-hybridized carbons (Fsp3) is 0.407. The third-order valence-corrected chi connectivity index (χ3v) is 7.77. The molecule has 0 saturated carbocycles. The molecule has 6 nitrogen and oxygen atoms in total. The van der Waals surface area contributed by atoms with Gasteiger partial charge in [-0.1, -0.05) is 61.2 Å². The normalized spacial score (nSPS) is 14.8. The maximum atomic E-state index is 12.5. The summed E-state index contributed by atoms with van der Waals surface area (Å²) in [7, 11) is 0. The summed E-state index contributed by atoms with van der Waals surface area (Å²) in [6.45, 7) is 6.96. The van der Waals surface area contributed by atoms with E-state index in [1.807, 2.05) is 11.0 Å². The first-order valence-corrected chi connectivity index (χ1v) is 13.2. The number of carbonyl (C=O) groups excluding carboxylic acids is 1. The van der Waals surface area contributed by atoms with Crippen molar-refractivity contribution in [2.45, 2.75) is 51.2 Å². The van der Waals surface area contributed by atoms with Gasteiger partial charge in [0.1, 0.15) is 5.52 Å². The van der Waals surface area contributed by atoms with E-state index in [1.165, 1.54) is 11.1 Å². The van der Waals surface area contributed by atoms with Crippen LogP contribution < -0.4 is 0 Å². The second-order valence-electron chi connectivity index (χ2n) is 9.31. The lowest BCUT2D eigenvalue weighted by Crippen LogP contribution is -2.37. The number of carbonyl (C=O) groups is 1. The molecule has 0 N–H and O–H groups in total. The van der Waals surface area contributed by atoms with E-state index in [9.17, 15) is 4.79 Å². The quantitative estimate of drug-likeness (QED) is 0.263. The number of thioether (sulfide) groups is 1. The Morgan fingerprint density at radius 1 is 1.06 bits per heavy atom. The van der Waals surface area contributed by atoms with E-state index in [0.717, 1.165) is 72.6 Å². The first kappa shape index (κ1) is 22.8. The topological polar surface area (TPSA) is 63.9 Å². The Balaban J connectivity index is 1.31. The molecule has 7 heteroatoms. The van der Waals surface area contributed by atoms with Gasteiger partial charge in [0.25, 0.3) is 0 Å². The lowest BCUT2D eigenvalue weighted by Gasteiger charge is -2.30. The number of hydrogen-bond donors (Lipinski definition) is 0. The van der Waals surface area contributed by atoms with Gasteiger partial charge >= 0.3 is 0 Å². The van der Waals surface area contributed by atoms with Crippen molar-refractivity contribution in [3.05, 3.63) is 59.7 Å². The monoisotopic (exact) mass is 473 g/mol. The zero-order chi connectivity index (χ0) is 23.5. The van der Waals surface area contributed by atoms with Gasteiger partial charge in [-0.05, 0) is 49.3 Å². The highest BCUT2D eigenvalue weighted by Crippen LogP contribution is 2.28. The average Bonchev–Trinajstić information content (AvgIpc) is 3.16. The lowest BCUT2D eigenvalue weighted by atomic mass is 9.99. The van der Waals surface area contributed by atoms with Crippen LogP contribution in [0.1, 0.15) is 43.7 Å². The van der Waals surface area contributed by atoms with Crippen LogP contribution in [0.3, 0.4) is 0 Å². The summed E-state index contributed by atoms with van der Waals surface area (Å²) in [5.74, 6) is 1.82. The predicted octanol–water partition coefficient (Wildman–Crippen LogP) is 5.47. The van der Waals surface area contributed by atoms with Gasteiger partial charge < -0.3 is 9.47 Å². The summed E-state index contributed by atoms with van der Waals surface area (Å²) in [4.78, 5) is 19.4. The van der Waals surface area contributed by atoms with Crippen LogP contribution in [0, 0.1) is 12.8 Å². The van der Waals surface area contributed by atoms with Gasteiger partial charge in [-0.3, -0.25) is 4.79 Å². The van der Waals surface area contributed by atoms with Gasteiger partial charge in [0, 0.05) is 37.2 Å². The van der Waals surface area contributed by atoms with Crippen LogP contribution in [0.5, 0.6) is 0 Å². The second-order valence-corrected chi connectivity index (χ2v) is 10.4. The van der Waals surface area contributed by atoms with Crippen molar-refractivity contribution >= 4 is 39.7 Å². The van der Waals surface area contributed by atoms with Gasteiger partial charge in [-0.2, -0.15) is 0 Å². The van der Waals surface area contributed by atoms with Crippen LogP contribution in [-0.2, 0) is 11.3 Å². The number of aryl methyl sites for hydroxylation is 1. The van der Waals surface area contributed by atoms with Crippen LogP contribution in [0.4, 0.5) is 0 Å². The molecular formula is C27H31N5OS. The van der Waals surface area contributed by atoms with Crippen molar-refractivity contribution in [2.75, 3.05) is 18.8 Å². The lowest BCUT2D eigenvalue weighted by molar-refractivity contribution is -0.132. The minimum atomic E-state index is 0.278. The molecule has 1 fully saturated rings. The van der Waals surface area contributed by atoms with E-state index in [0.29, 0.717) is 11.6 Å². The third-order valence-electron chi connectivity index (χ3n) is 6.85. The van der Waals surface area contributed by atoms with E-state index >= 15 is 0 Å². The summed E-state index contributed by atoms with van der Waals surface area (Å²) in [5.41, 5.74) is 5.34. The summed E-state index contributed by atoms with van der Waals surface area (Å²) in [6.07, 6.45) is 3.65. The molecule has 1 aliphatic heterocycles. The Labute approximate surface area is 204 Å². The molecule has 0 bridgehead atoms. The van der Waals surface area contributed by atoms with Gasteiger partial charge in [0.15, 0.2) is 5.65 Å². The largest absolute Gasteiger partial charge is 0.343 e. The summed E-state index contributed by atoms with van der Waals surface area (Å²) in [6, 6.07) is 16.8. The standard InChI is InChI=1S/C27H31N5OS/c1-19-13-15-31(16-14-19)24(33)12-7-17-34-27-28-26-25(29-30-27)22-10-5-6-11-23(22)32(26)18-21-9-4-3-8-20(21)2/h3-6,8-11,19H,7,12-18H2,1-2H3. The summed E-state index contributed by atoms with van der Waals surface area (Å²) < 4.78 is 2.24. The predicted molar refractivity (Wildman–Crippen MR) is 138 cm³/mol. The number of para-hydroxylation sites is 1. The number of fused-ring (bicyclic) bond motifs is 3. The Morgan fingerprint density at radius 3 is 2.65 bits per heavy atom. The third kappa shape index (κ3) is 4.80. The Kier molecular flexibility index (Phi) is 6.81. The second kappa shape index (κ2) is 10.1. The minimum Gasteiger partial charge on any atom is -0.343 e. The molecule has 0 aliphatic carbocycles. The van der Waals surface area contributed by atoms with E-state index in [1.54, 1.807) is 11.8 Å². The Morgan fingerprint density at radius 2 is 1.82 bits per heavy atom. The van der Waals surface area contributed by atoms with Crippen LogP contribution in [0.25, 0.3) is 22.1 Å². The summed E-state index contributed by atoms with van der Waals surface area (Å²) in [5, 5.41) is 10.7. The van der Waals surface area contributed by atoms with Crippen LogP contribution in [-0.4, -0.2) is 49.4 Å². The molecule has 1 amide bonds. The van der Waals surface area contributed by atoms with Gasteiger partial charge in [-0.15, -0.1) is 10.2 Å². The van der Waals surface area contributed by atoms with Crippen molar-refractivity contribution in [1.29, 1.82) is 0 Å². The molecule has 2 aromatic heterocycles. The molecule has 1 saturated heterocycles. The molecule has 2 aromatic carbocycles. The van der Waals surface area contributed by atoms with E-state index in [4.69, 9.17) is 4.98 Å². The Bertz CT molecular complexity index is 1310. The van der Waals surface area contributed by atoms with Crippen molar-refractivity contribution in [3.8, 4) is 0 Å². The first-order chi connectivity index (χ1) is 16.6. The fourth-order valence-electron chi connectivity index (χ4n) is 4.67. The van der Waals surface area contributed by atoms with E-state index in [2.05, 4.69) is 71.1 Å². The van der Waals surface area contributed by atoms with Crippen molar-refractivity contribution in [3.63, 3.8) is 0 Å². The highest BCUT2D eigenvalue weighted by atomic mass is 32.2. The number of benzene rings is 2. The molecule has 0 radical (unpaired) electrons. The number of hydrogen-bond acceptors (Lipinski definition) is 5. The minimum absolute atomic E-state index is 0.278. The van der Waals surface area contributed by atoms with Crippen molar-refractivity contribution in [1.82, 2.24) is 24.6 Å². The number of amides is 1. The zero-order valence-electron chi connectivity index (χ0n) is 19.9. The molecule has 1 aliphatic rings. The zero-order valence-corrected chi connectivity index (χ0v) is 20.7. The van der Waals surface area contributed by atoms with Crippen LogP contribution >= 0.6 is 11.8 Å². The molecule has 3 heterocycles.